The lowest BCUT2D eigenvalue weighted by molar-refractivity contribution is -0.118. The molecule has 0 saturated heterocycles. The topological polar surface area (TPSA) is 78.0 Å². The van der Waals surface area contributed by atoms with Crippen molar-refractivity contribution < 1.29 is 4.79 Å². The largest absolute Gasteiger partial charge is 0.370 e. The number of amides is 1. The van der Waals surface area contributed by atoms with Crippen LogP contribution in [0.4, 0.5) is 0 Å². The van der Waals surface area contributed by atoms with Crippen molar-refractivity contribution >= 4 is 27.5 Å². The first-order valence-corrected chi connectivity index (χ1v) is 10.8. The predicted molar refractivity (Wildman–Crippen MR) is 123 cm³/mol. The van der Waals surface area contributed by atoms with E-state index in [0.717, 1.165) is 27.1 Å². The number of nitrogens with two attached hydrogens (primary N) is 1. The minimum atomic E-state index is -0.371. The molecule has 2 aromatic heterocycles. The highest BCUT2D eigenvalue weighted by Crippen LogP contribution is 2.32. The first kappa shape index (κ1) is 20.0. The number of aromatic nitrogens is 2. The van der Waals surface area contributed by atoms with Crippen LogP contribution in [0.1, 0.15) is 24.0 Å². The molecule has 0 fully saturated rings. The van der Waals surface area contributed by atoms with Gasteiger partial charge in [-0.1, -0.05) is 59.7 Å². The average Bonchev–Trinajstić information content (AvgIpc) is 3.15. The fourth-order valence-corrected chi connectivity index (χ4v) is 4.45. The van der Waals surface area contributed by atoms with Crippen LogP contribution in [0.15, 0.2) is 58.7 Å². The van der Waals surface area contributed by atoms with Crippen molar-refractivity contribution in [1.29, 1.82) is 0 Å². The molecule has 30 heavy (non-hydrogen) atoms. The summed E-state index contributed by atoms with van der Waals surface area (Å²) < 4.78 is 1.68. The van der Waals surface area contributed by atoms with Gasteiger partial charge in [0.15, 0.2) is 0 Å². The molecule has 6 heteroatoms. The molecule has 152 valence electrons. The van der Waals surface area contributed by atoms with E-state index >= 15 is 0 Å². The Morgan fingerprint density at radius 1 is 1.00 bits per heavy atom. The number of benzene rings is 2. The summed E-state index contributed by atoms with van der Waals surface area (Å²) in [6, 6.07) is 16.1. The van der Waals surface area contributed by atoms with Crippen LogP contribution in [0.5, 0.6) is 0 Å². The number of thiophene rings is 1. The van der Waals surface area contributed by atoms with Crippen LogP contribution < -0.4 is 11.3 Å². The summed E-state index contributed by atoms with van der Waals surface area (Å²) in [6.07, 6.45) is 0.720. The zero-order valence-electron chi connectivity index (χ0n) is 17.0. The zero-order valence-corrected chi connectivity index (χ0v) is 17.8. The van der Waals surface area contributed by atoms with Gasteiger partial charge in [-0.05, 0) is 25.8 Å². The normalized spacial score (nSPS) is 11.1. The highest BCUT2D eigenvalue weighted by molar-refractivity contribution is 7.17. The molecule has 0 aliphatic heterocycles. The van der Waals surface area contributed by atoms with Crippen LogP contribution in [-0.4, -0.2) is 15.5 Å². The third-order valence-electron chi connectivity index (χ3n) is 5.17. The molecular weight excluding hydrogens is 394 g/mol. The number of primary amides is 1. The lowest BCUT2D eigenvalue weighted by Gasteiger charge is -2.13. The molecule has 2 heterocycles. The lowest BCUT2D eigenvalue weighted by atomic mass is 10.0. The summed E-state index contributed by atoms with van der Waals surface area (Å²) in [7, 11) is 0. The maximum absolute atomic E-state index is 13.6. The van der Waals surface area contributed by atoms with E-state index in [0.29, 0.717) is 24.2 Å². The van der Waals surface area contributed by atoms with E-state index < -0.39 is 0 Å². The van der Waals surface area contributed by atoms with Gasteiger partial charge >= 0.3 is 0 Å². The van der Waals surface area contributed by atoms with Crippen LogP contribution in [0, 0.1) is 13.8 Å². The maximum atomic E-state index is 13.6. The third kappa shape index (κ3) is 3.91. The Hall–Kier alpha value is -3.25. The summed E-state index contributed by atoms with van der Waals surface area (Å²) >= 11 is 1.48. The number of carbonyl (C=O) groups excluding carboxylic acids is 1. The van der Waals surface area contributed by atoms with Crippen LogP contribution in [0.2, 0.25) is 0 Å². The Morgan fingerprint density at radius 3 is 2.20 bits per heavy atom. The van der Waals surface area contributed by atoms with E-state index in [1.54, 1.807) is 4.57 Å². The standard InChI is InChI=1S/C24H23N3O2S/c1-15-5-9-17(10-6-15)19-14-30-23-21(19)24(29)27(13-3-4-20(25)28)22(26-23)18-11-7-16(2)8-12-18/h5-12,14H,3-4,13H2,1-2H3,(H2,25,28). The first-order valence-electron chi connectivity index (χ1n) is 9.88. The van der Waals surface area contributed by atoms with E-state index in [2.05, 4.69) is 0 Å². The molecule has 1 amide bonds. The van der Waals surface area contributed by atoms with Gasteiger partial charge in [0.05, 0.1) is 5.39 Å². The van der Waals surface area contributed by atoms with Gasteiger partial charge < -0.3 is 5.73 Å². The van der Waals surface area contributed by atoms with Crippen molar-refractivity contribution in [1.82, 2.24) is 9.55 Å². The molecule has 2 aromatic carbocycles. The van der Waals surface area contributed by atoms with Crippen molar-refractivity contribution in [3.8, 4) is 22.5 Å². The Bertz CT molecular complexity index is 1270. The number of carbonyl (C=O) groups is 1. The fourth-order valence-electron chi connectivity index (χ4n) is 3.51. The highest BCUT2D eigenvalue weighted by atomic mass is 32.1. The van der Waals surface area contributed by atoms with E-state index in [4.69, 9.17) is 10.7 Å². The zero-order chi connectivity index (χ0) is 21.3. The van der Waals surface area contributed by atoms with Crippen LogP contribution in [0.3, 0.4) is 0 Å². The monoisotopic (exact) mass is 417 g/mol. The van der Waals surface area contributed by atoms with Crippen molar-refractivity contribution in [3.63, 3.8) is 0 Å². The van der Waals surface area contributed by atoms with Gasteiger partial charge in [0, 0.05) is 29.5 Å². The number of hydrogen-bond acceptors (Lipinski definition) is 4. The minimum Gasteiger partial charge on any atom is -0.370 e. The number of nitrogens with zero attached hydrogens (tertiary/aromatic N) is 2. The predicted octanol–water partition coefficient (Wildman–Crippen LogP) is 4.67. The Kier molecular flexibility index (Phi) is 5.50. The molecule has 4 aromatic rings. The molecule has 0 aliphatic rings. The molecule has 0 radical (unpaired) electrons. The van der Waals surface area contributed by atoms with Gasteiger partial charge in [0.25, 0.3) is 5.56 Å². The van der Waals surface area contributed by atoms with Crippen LogP contribution >= 0.6 is 11.3 Å². The highest BCUT2D eigenvalue weighted by Gasteiger charge is 2.18. The van der Waals surface area contributed by atoms with Crippen molar-refractivity contribution in [2.24, 2.45) is 5.73 Å². The summed E-state index contributed by atoms with van der Waals surface area (Å²) in [5.41, 5.74) is 10.3. The summed E-state index contributed by atoms with van der Waals surface area (Å²) in [5, 5.41) is 2.62. The molecule has 5 nitrogen and oxygen atoms in total. The van der Waals surface area contributed by atoms with Gasteiger partial charge in [-0.15, -0.1) is 11.3 Å². The van der Waals surface area contributed by atoms with E-state index in [1.165, 1.54) is 16.9 Å². The SMILES string of the molecule is Cc1ccc(-c2csc3nc(-c4ccc(C)cc4)n(CCCC(N)=O)c(=O)c23)cc1. The Morgan fingerprint density at radius 2 is 1.60 bits per heavy atom. The summed E-state index contributed by atoms with van der Waals surface area (Å²) in [4.78, 5) is 30.4. The van der Waals surface area contributed by atoms with E-state index in [1.807, 2.05) is 67.8 Å². The first-order chi connectivity index (χ1) is 14.4. The Labute approximate surface area is 178 Å². The quantitative estimate of drug-likeness (QED) is 0.495. The molecule has 2 N–H and O–H groups in total. The molecule has 0 saturated carbocycles. The van der Waals surface area contributed by atoms with E-state index in [-0.39, 0.29) is 17.9 Å². The second-order valence-corrected chi connectivity index (χ2v) is 8.38. The molecule has 0 unspecified atom stereocenters. The number of aryl methyl sites for hydroxylation is 2. The molecule has 0 aliphatic carbocycles. The van der Waals surface area contributed by atoms with Gasteiger partial charge in [-0.2, -0.15) is 0 Å². The fraction of sp³-hybridized carbons (Fsp3) is 0.208. The number of hydrogen-bond donors (Lipinski definition) is 1. The Balaban J connectivity index is 1.90. The molecule has 0 bridgehead atoms. The smallest absolute Gasteiger partial charge is 0.263 e. The minimum absolute atomic E-state index is 0.0862. The van der Waals surface area contributed by atoms with Gasteiger partial charge in [0.2, 0.25) is 5.91 Å². The second-order valence-electron chi connectivity index (χ2n) is 7.52. The molecular formula is C24H23N3O2S. The van der Waals surface area contributed by atoms with Gasteiger partial charge in [-0.3, -0.25) is 14.2 Å². The lowest BCUT2D eigenvalue weighted by Crippen LogP contribution is -2.24. The second kappa shape index (κ2) is 8.24. The van der Waals surface area contributed by atoms with Gasteiger partial charge in [0.1, 0.15) is 10.7 Å². The summed E-state index contributed by atoms with van der Waals surface area (Å²) in [5.74, 6) is 0.249. The van der Waals surface area contributed by atoms with Gasteiger partial charge in [-0.25, -0.2) is 4.98 Å². The van der Waals surface area contributed by atoms with Crippen molar-refractivity contribution in [3.05, 3.63) is 75.4 Å². The number of rotatable bonds is 6. The number of fused-ring (bicyclic) bond motifs is 1. The molecule has 4 rings (SSSR count). The maximum Gasteiger partial charge on any atom is 0.263 e. The summed E-state index contributed by atoms with van der Waals surface area (Å²) in [6.45, 7) is 4.45. The third-order valence-corrected chi connectivity index (χ3v) is 6.04. The van der Waals surface area contributed by atoms with Crippen LogP contribution in [-0.2, 0) is 11.3 Å². The molecule has 0 spiro atoms. The van der Waals surface area contributed by atoms with Crippen molar-refractivity contribution in [2.45, 2.75) is 33.2 Å². The van der Waals surface area contributed by atoms with Crippen molar-refractivity contribution in [2.75, 3.05) is 0 Å². The van der Waals surface area contributed by atoms with E-state index in [9.17, 15) is 9.59 Å². The molecule has 0 atom stereocenters. The van der Waals surface area contributed by atoms with Crippen LogP contribution in [0.25, 0.3) is 32.7 Å². The average molecular weight is 418 g/mol.